The van der Waals surface area contributed by atoms with E-state index in [0.717, 1.165) is 4.47 Å². The lowest BCUT2D eigenvalue weighted by molar-refractivity contribution is 0.0591. The number of carbonyl (C=O) groups is 1. The molecule has 0 fully saturated rings. The van der Waals surface area contributed by atoms with Crippen LogP contribution in [0.5, 0.6) is 11.5 Å². The van der Waals surface area contributed by atoms with Crippen molar-refractivity contribution < 1.29 is 14.3 Å². The number of methoxy groups -OCH3 is 1. The monoisotopic (exact) mass is 307 g/mol. The van der Waals surface area contributed by atoms with E-state index in [1.165, 1.54) is 13.3 Å². The van der Waals surface area contributed by atoms with Crippen molar-refractivity contribution in [2.24, 2.45) is 0 Å². The number of rotatable bonds is 3. The fourth-order valence-electron chi connectivity index (χ4n) is 1.36. The summed E-state index contributed by atoms with van der Waals surface area (Å²) >= 11 is 3.29. The molecule has 0 aliphatic carbocycles. The van der Waals surface area contributed by atoms with E-state index in [9.17, 15) is 4.79 Å². The van der Waals surface area contributed by atoms with E-state index < -0.39 is 5.97 Å². The molecule has 2 aromatic rings. The van der Waals surface area contributed by atoms with Gasteiger partial charge in [-0.25, -0.2) is 9.78 Å². The lowest BCUT2D eigenvalue weighted by atomic mass is 10.3. The molecular weight excluding hydrogens is 298 g/mol. The lowest BCUT2D eigenvalue weighted by Gasteiger charge is -2.09. The van der Waals surface area contributed by atoms with Gasteiger partial charge in [-0.15, -0.1) is 0 Å². The predicted octanol–water partition coefficient (Wildman–Crippen LogP) is 3.42. The van der Waals surface area contributed by atoms with Crippen LogP contribution in [0.1, 0.15) is 10.5 Å². The molecule has 0 amide bonds. The summed E-state index contributed by atoms with van der Waals surface area (Å²) in [6, 6.07) is 10.8. The van der Waals surface area contributed by atoms with Crippen molar-refractivity contribution in [3.05, 3.63) is 52.8 Å². The van der Waals surface area contributed by atoms with Crippen LogP contribution in [-0.4, -0.2) is 18.1 Å². The van der Waals surface area contributed by atoms with Gasteiger partial charge in [-0.1, -0.05) is 18.2 Å². The third-order valence-corrected chi connectivity index (χ3v) is 2.60. The van der Waals surface area contributed by atoms with E-state index in [-0.39, 0.29) is 5.69 Å². The zero-order valence-electron chi connectivity index (χ0n) is 9.59. The molecule has 0 aliphatic heterocycles. The number of hydrogen-bond acceptors (Lipinski definition) is 4. The second-order valence-electron chi connectivity index (χ2n) is 3.41. The second kappa shape index (κ2) is 5.64. The standard InChI is InChI=1S/C13H10BrNO3/c1-17-13(16)12-11(7-9(14)8-15-12)18-10-5-3-2-4-6-10/h2-8H,1H3. The maximum absolute atomic E-state index is 11.6. The first-order valence-electron chi connectivity index (χ1n) is 5.17. The van der Waals surface area contributed by atoms with Crippen molar-refractivity contribution in [3.63, 3.8) is 0 Å². The lowest BCUT2D eigenvalue weighted by Crippen LogP contribution is -2.06. The van der Waals surface area contributed by atoms with E-state index >= 15 is 0 Å². The van der Waals surface area contributed by atoms with Crippen LogP contribution in [0.25, 0.3) is 0 Å². The number of hydrogen-bond donors (Lipinski definition) is 0. The Hall–Kier alpha value is -1.88. The minimum absolute atomic E-state index is 0.143. The summed E-state index contributed by atoms with van der Waals surface area (Å²) < 4.78 is 11.0. The van der Waals surface area contributed by atoms with Gasteiger partial charge in [0.05, 0.1) is 7.11 Å². The van der Waals surface area contributed by atoms with Crippen LogP contribution in [0.2, 0.25) is 0 Å². The first-order chi connectivity index (χ1) is 8.70. The molecule has 0 radical (unpaired) electrons. The van der Waals surface area contributed by atoms with Gasteiger partial charge in [-0.3, -0.25) is 0 Å². The number of ether oxygens (including phenoxy) is 2. The van der Waals surface area contributed by atoms with E-state index in [1.54, 1.807) is 18.2 Å². The Morgan fingerprint density at radius 1 is 1.28 bits per heavy atom. The average molecular weight is 308 g/mol. The highest BCUT2D eigenvalue weighted by atomic mass is 79.9. The normalized spacial score (nSPS) is 9.89. The molecule has 5 heteroatoms. The highest BCUT2D eigenvalue weighted by Gasteiger charge is 2.16. The quantitative estimate of drug-likeness (QED) is 0.815. The molecule has 0 aliphatic rings. The van der Waals surface area contributed by atoms with Crippen molar-refractivity contribution in [2.75, 3.05) is 7.11 Å². The summed E-state index contributed by atoms with van der Waals surface area (Å²) in [5.41, 5.74) is 0.143. The zero-order chi connectivity index (χ0) is 13.0. The Labute approximate surface area is 113 Å². The molecule has 1 heterocycles. The Bertz CT molecular complexity index is 557. The van der Waals surface area contributed by atoms with Crippen molar-refractivity contribution in [2.45, 2.75) is 0 Å². The van der Waals surface area contributed by atoms with Crippen LogP contribution in [0.3, 0.4) is 0 Å². The van der Waals surface area contributed by atoms with Crippen LogP contribution >= 0.6 is 15.9 Å². The number of benzene rings is 1. The van der Waals surface area contributed by atoms with Crippen LogP contribution in [0.15, 0.2) is 47.1 Å². The van der Waals surface area contributed by atoms with Gasteiger partial charge in [0.1, 0.15) is 5.75 Å². The molecule has 0 unspecified atom stereocenters. The summed E-state index contributed by atoms with van der Waals surface area (Å²) in [6.07, 6.45) is 1.52. The van der Waals surface area contributed by atoms with Crippen LogP contribution in [-0.2, 0) is 4.74 Å². The van der Waals surface area contributed by atoms with E-state index in [1.807, 2.05) is 18.2 Å². The Morgan fingerprint density at radius 2 is 2.00 bits per heavy atom. The molecule has 4 nitrogen and oxygen atoms in total. The number of para-hydroxylation sites is 1. The number of halogens is 1. The molecule has 92 valence electrons. The highest BCUT2D eigenvalue weighted by Crippen LogP contribution is 2.27. The molecule has 0 saturated heterocycles. The third kappa shape index (κ3) is 2.87. The summed E-state index contributed by atoms with van der Waals surface area (Å²) in [5.74, 6) is 0.443. The van der Waals surface area contributed by atoms with Crippen molar-refractivity contribution in [1.29, 1.82) is 0 Å². The fraction of sp³-hybridized carbons (Fsp3) is 0.0769. The average Bonchev–Trinajstić information content (AvgIpc) is 2.39. The van der Waals surface area contributed by atoms with E-state index in [2.05, 4.69) is 25.7 Å². The topological polar surface area (TPSA) is 48.4 Å². The van der Waals surface area contributed by atoms with E-state index in [4.69, 9.17) is 4.74 Å². The Morgan fingerprint density at radius 3 is 2.67 bits per heavy atom. The molecule has 0 N–H and O–H groups in total. The van der Waals surface area contributed by atoms with Crippen LogP contribution in [0, 0.1) is 0 Å². The van der Waals surface area contributed by atoms with Gasteiger partial charge in [0.25, 0.3) is 0 Å². The minimum Gasteiger partial charge on any atom is -0.464 e. The van der Waals surface area contributed by atoms with Gasteiger partial charge in [-0.05, 0) is 34.1 Å². The second-order valence-corrected chi connectivity index (χ2v) is 4.32. The highest BCUT2D eigenvalue weighted by molar-refractivity contribution is 9.10. The van der Waals surface area contributed by atoms with Gasteiger partial charge >= 0.3 is 5.97 Å². The molecule has 0 spiro atoms. The number of esters is 1. The van der Waals surface area contributed by atoms with Crippen LogP contribution in [0.4, 0.5) is 0 Å². The predicted molar refractivity (Wildman–Crippen MR) is 69.8 cm³/mol. The number of nitrogens with zero attached hydrogens (tertiary/aromatic N) is 1. The molecule has 0 atom stereocenters. The largest absolute Gasteiger partial charge is 0.464 e. The molecule has 1 aromatic heterocycles. The first kappa shape index (κ1) is 12.6. The zero-order valence-corrected chi connectivity index (χ0v) is 11.2. The van der Waals surface area contributed by atoms with Crippen LogP contribution < -0.4 is 4.74 Å². The molecule has 18 heavy (non-hydrogen) atoms. The van der Waals surface area contributed by atoms with Crippen molar-refractivity contribution in [1.82, 2.24) is 4.98 Å². The van der Waals surface area contributed by atoms with Crippen molar-refractivity contribution in [3.8, 4) is 11.5 Å². The van der Waals surface area contributed by atoms with Gasteiger partial charge in [0, 0.05) is 10.7 Å². The smallest absolute Gasteiger partial charge is 0.360 e. The van der Waals surface area contributed by atoms with Crippen molar-refractivity contribution >= 4 is 21.9 Å². The maximum atomic E-state index is 11.6. The maximum Gasteiger partial charge on any atom is 0.360 e. The number of aromatic nitrogens is 1. The molecule has 0 saturated carbocycles. The van der Waals surface area contributed by atoms with Gasteiger partial charge in [0.15, 0.2) is 11.4 Å². The molecule has 1 aromatic carbocycles. The van der Waals surface area contributed by atoms with E-state index in [0.29, 0.717) is 11.5 Å². The van der Waals surface area contributed by atoms with Gasteiger partial charge in [-0.2, -0.15) is 0 Å². The SMILES string of the molecule is COC(=O)c1ncc(Br)cc1Oc1ccccc1. The summed E-state index contributed by atoms with van der Waals surface area (Å²) in [5, 5.41) is 0. The Kier molecular flexibility index (Phi) is 3.94. The third-order valence-electron chi connectivity index (χ3n) is 2.17. The Balaban J connectivity index is 2.36. The fourth-order valence-corrected chi connectivity index (χ4v) is 1.67. The van der Waals surface area contributed by atoms with Gasteiger partial charge < -0.3 is 9.47 Å². The molecule has 0 bridgehead atoms. The number of carbonyl (C=O) groups excluding carboxylic acids is 1. The molecule has 2 rings (SSSR count). The summed E-state index contributed by atoms with van der Waals surface area (Å²) in [7, 11) is 1.30. The molecular formula is C13H10BrNO3. The first-order valence-corrected chi connectivity index (χ1v) is 5.97. The summed E-state index contributed by atoms with van der Waals surface area (Å²) in [6.45, 7) is 0. The minimum atomic E-state index is -0.534. The number of pyridine rings is 1. The summed E-state index contributed by atoms with van der Waals surface area (Å²) in [4.78, 5) is 15.6. The van der Waals surface area contributed by atoms with Gasteiger partial charge in [0.2, 0.25) is 0 Å².